The normalized spacial score (nSPS) is 14.8. The molecule has 3 N–H and O–H groups in total. The quantitative estimate of drug-likeness (QED) is 0.0222. The molecule has 0 aromatic carbocycles. The molecule has 0 heterocycles. The molecule has 0 aromatic rings. The molecule has 7 atom stereocenters. The monoisotopic (exact) mass is 1350 g/mol. The van der Waals surface area contributed by atoms with E-state index >= 15 is 0 Å². The molecule has 546 valence electrons. The van der Waals surface area contributed by atoms with Gasteiger partial charge in [0, 0.05) is 25.7 Å². The van der Waals surface area contributed by atoms with Crippen molar-refractivity contribution in [2.24, 2.45) is 23.7 Å². The lowest BCUT2D eigenvalue weighted by atomic mass is 9.99. The van der Waals surface area contributed by atoms with E-state index in [-0.39, 0.29) is 25.7 Å². The van der Waals surface area contributed by atoms with Crippen molar-refractivity contribution in [1.29, 1.82) is 0 Å². The lowest BCUT2D eigenvalue weighted by Gasteiger charge is -2.21. The van der Waals surface area contributed by atoms with E-state index in [2.05, 4.69) is 55.4 Å². The Bertz CT molecular complexity index is 1820. The van der Waals surface area contributed by atoms with Crippen molar-refractivity contribution in [2.75, 3.05) is 39.6 Å². The summed E-state index contributed by atoms with van der Waals surface area (Å²) in [5.41, 5.74) is 0. The van der Waals surface area contributed by atoms with Gasteiger partial charge in [-0.1, -0.05) is 312 Å². The molecule has 0 aliphatic carbocycles. The van der Waals surface area contributed by atoms with E-state index in [0.29, 0.717) is 25.7 Å². The Hall–Kier alpha value is -1.94. The highest BCUT2D eigenvalue weighted by Crippen LogP contribution is 2.45. The second-order valence-corrected chi connectivity index (χ2v) is 30.7. The Morgan fingerprint density at radius 1 is 0.304 bits per heavy atom. The maximum atomic E-state index is 13.1. The molecule has 0 fully saturated rings. The zero-order valence-electron chi connectivity index (χ0n) is 60.2. The largest absolute Gasteiger partial charge is 0.472 e. The molecule has 0 rings (SSSR count). The number of hydrogen-bond acceptors (Lipinski definition) is 15. The number of unbranched alkanes of at least 4 members (excludes halogenated alkanes) is 34. The molecule has 0 bridgehead atoms. The summed E-state index contributed by atoms with van der Waals surface area (Å²) in [5, 5.41) is 10.6. The van der Waals surface area contributed by atoms with Crippen LogP contribution in [-0.4, -0.2) is 96.7 Å². The minimum absolute atomic E-state index is 0.104. The van der Waals surface area contributed by atoms with Crippen LogP contribution in [0.1, 0.15) is 364 Å². The summed E-state index contributed by atoms with van der Waals surface area (Å²) in [7, 11) is -9.91. The smallest absolute Gasteiger partial charge is 0.462 e. The maximum absolute atomic E-state index is 13.1. The van der Waals surface area contributed by atoms with Gasteiger partial charge in [0.25, 0.3) is 0 Å². The van der Waals surface area contributed by atoms with Crippen LogP contribution >= 0.6 is 15.6 Å². The van der Waals surface area contributed by atoms with Crippen molar-refractivity contribution < 1.29 is 80.2 Å². The third-order valence-corrected chi connectivity index (χ3v) is 19.4. The summed E-state index contributed by atoms with van der Waals surface area (Å²) in [6.07, 6.45) is 45.7. The number of aliphatic hydroxyl groups is 1. The van der Waals surface area contributed by atoms with E-state index < -0.39 is 97.5 Å². The second-order valence-electron chi connectivity index (χ2n) is 27.8. The van der Waals surface area contributed by atoms with Crippen LogP contribution in [0.2, 0.25) is 0 Å². The highest BCUT2D eigenvalue weighted by Gasteiger charge is 2.30. The molecule has 0 saturated carbocycles. The number of ether oxygens (including phenoxy) is 4. The maximum Gasteiger partial charge on any atom is 0.472 e. The van der Waals surface area contributed by atoms with Crippen LogP contribution < -0.4 is 0 Å². The minimum atomic E-state index is -4.96. The Morgan fingerprint density at radius 2 is 0.522 bits per heavy atom. The molecule has 0 aromatic heterocycles. The Labute approximate surface area is 562 Å². The van der Waals surface area contributed by atoms with Gasteiger partial charge in [-0.25, -0.2) is 9.13 Å². The molecule has 0 radical (unpaired) electrons. The van der Waals surface area contributed by atoms with Gasteiger partial charge in [0.05, 0.1) is 26.4 Å². The molecule has 0 saturated heterocycles. The number of esters is 4. The van der Waals surface area contributed by atoms with E-state index in [1.54, 1.807) is 0 Å². The Balaban J connectivity index is 5.28. The summed E-state index contributed by atoms with van der Waals surface area (Å²) in [5.74, 6) is 0.956. The summed E-state index contributed by atoms with van der Waals surface area (Å²) in [6, 6.07) is 0. The van der Waals surface area contributed by atoms with E-state index in [1.165, 1.54) is 167 Å². The molecule has 19 heteroatoms. The third-order valence-electron chi connectivity index (χ3n) is 17.5. The van der Waals surface area contributed by atoms with E-state index in [0.717, 1.165) is 114 Å². The van der Waals surface area contributed by atoms with Crippen molar-refractivity contribution in [1.82, 2.24) is 0 Å². The minimum Gasteiger partial charge on any atom is -0.462 e. The molecule has 92 heavy (non-hydrogen) atoms. The van der Waals surface area contributed by atoms with Crippen LogP contribution in [0.5, 0.6) is 0 Å². The average molecular weight is 1350 g/mol. The molecular weight excluding hydrogens is 1210 g/mol. The van der Waals surface area contributed by atoms with Gasteiger partial charge >= 0.3 is 39.5 Å². The van der Waals surface area contributed by atoms with Gasteiger partial charge in [0.1, 0.15) is 19.3 Å². The second kappa shape index (κ2) is 62.6. The van der Waals surface area contributed by atoms with Crippen molar-refractivity contribution in [2.45, 2.75) is 382 Å². The molecule has 0 aliphatic rings. The number of carbonyl (C=O) groups excluding carboxylic acids is 4. The molecule has 0 amide bonds. The van der Waals surface area contributed by atoms with Crippen molar-refractivity contribution in [3.8, 4) is 0 Å². The highest BCUT2D eigenvalue weighted by molar-refractivity contribution is 7.47. The number of rotatable bonds is 70. The summed E-state index contributed by atoms with van der Waals surface area (Å²) < 4.78 is 68.4. The van der Waals surface area contributed by atoms with Crippen LogP contribution in [0.25, 0.3) is 0 Å². The van der Waals surface area contributed by atoms with Crippen LogP contribution in [-0.2, 0) is 65.4 Å². The predicted molar refractivity (Wildman–Crippen MR) is 372 cm³/mol. The molecule has 5 unspecified atom stereocenters. The van der Waals surface area contributed by atoms with Gasteiger partial charge in [0.15, 0.2) is 12.2 Å². The number of hydrogen-bond donors (Lipinski definition) is 3. The molecule has 0 spiro atoms. The van der Waals surface area contributed by atoms with Crippen molar-refractivity contribution in [3.63, 3.8) is 0 Å². The zero-order chi connectivity index (χ0) is 68.2. The van der Waals surface area contributed by atoms with Crippen LogP contribution in [0, 0.1) is 23.7 Å². The van der Waals surface area contributed by atoms with Crippen LogP contribution in [0.15, 0.2) is 0 Å². The van der Waals surface area contributed by atoms with Crippen molar-refractivity contribution in [3.05, 3.63) is 0 Å². The van der Waals surface area contributed by atoms with E-state index in [4.69, 9.17) is 37.0 Å². The zero-order valence-corrected chi connectivity index (χ0v) is 62.0. The number of phosphoric ester groups is 2. The number of aliphatic hydroxyl groups excluding tert-OH is 1. The van der Waals surface area contributed by atoms with Gasteiger partial charge in [0.2, 0.25) is 0 Å². The SMILES string of the molecule is CCC(C)CCCCCCCCCCCCC(=O)OC[C@H](COP(=O)(O)OCC(O)COP(=O)(O)OC[C@@H](COC(=O)CCCCCCCCCCC(C)C)OC(=O)CCCCCCCCCCC(C)CC)OC(=O)CCCCCCCCCCCCCCC(C)C. The third kappa shape index (κ3) is 64.1. The fourth-order valence-electron chi connectivity index (χ4n) is 11.0. The predicted octanol–water partition coefficient (Wildman–Crippen LogP) is 20.9. The standard InChI is InChI=1S/C73H142O17P2/c1-9-65(7)51-43-35-27-18-15-16-19-29-37-45-53-70(75)83-59-68(89-72(77)55-47-39-31-20-14-12-11-13-17-25-33-41-49-63(3)4)61-87-91(79,80)85-57-67(74)58-86-92(81,82)88-62-69(60-84-71(76)54-46-38-30-23-21-26-34-42-50-64(5)6)90-73(78)56-48-40-32-24-22-28-36-44-52-66(8)10-2/h63-69,74H,9-62H2,1-8H3,(H,79,80)(H,81,82)/t65?,66?,67?,68-,69-/m1/s1. The molecule has 17 nitrogen and oxygen atoms in total. The van der Waals surface area contributed by atoms with Crippen molar-refractivity contribution >= 4 is 39.5 Å². The molecule has 0 aliphatic heterocycles. The van der Waals surface area contributed by atoms with E-state index in [9.17, 15) is 43.2 Å². The first kappa shape index (κ1) is 90.1. The Morgan fingerprint density at radius 3 is 0.772 bits per heavy atom. The summed E-state index contributed by atoms with van der Waals surface area (Å²) in [4.78, 5) is 72.7. The van der Waals surface area contributed by atoms with Gasteiger partial charge < -0.3 is 33.8 Å². The number of phosphoric acid groups is 2. The first-order valence-electron chi connectivity index (χ1n) is 37.8. The van der Waals surface area contributed by atoms with Crippen LogP contribution in [0.3, 0.4) is 0 Å². The summed E-state index contributed by atoms with van der Waals surface area (Å²) in [6.45, 7) is 14.2. The van der Waals surface area contributed by atoms with Gasteiger partial charge in [-0.2, -0.15) is 0 Å². The fraction of sp³-hybridized carbons (Fsp3) is 0.945. The topological polar surface area (TPSA) is 237 Å². The van der Waals surface area contributed by atoms with Crippen LogP contribution in [0.4, 0.5) is 0 Å². The van der Waals surface area contributed by atoms with Gasteiger partial charge in [-0.15, -0.1) is 0 Å². The summed E-state index contributed by atoms with van der Waals surface area (Å²) >= 11 is 0. The average Bonchev–Trinajstić information content (AvgIpc) is 3.19. The van der Waals surface area contributed by atoms with Gasteiger partial charge in [-0.05, 0) is 49.4 Å². The first-order valence-corrected chi connectivity index (χ1v) is 40.8. The fourth-order valence-corrected chi connectivity index (χ4v) is 12.5. The van der Waals surface area contributed by atoms with Gasteiger partial charge in [-0.3, -0.25) is 37.3 Å². The molecular formula is C73H142O17P2. The lowest BCUT2D eigenvalue weighted by molar-refractivity contribution is -0.161. The Kier molecular flexibility index (Phi) is 61.3. The highest BCUT2D eigenvalue weighted by atomic mass is 31.2. The number of carbonyl (C=O) groups is 4. The first-order chi connectivity index (χ1) is 44.2. The lowest BCUT2D eigenvalue weighted by Crippen LogP contribution is -2.30. The van der Waals surface area contributed by atoms with E-state index in [1.807, 2.05) is 0 Å².